The molecule has 0 aliphatic rings. The number of hydrogen-bond donors (Lipinski definition) is 1. The Kier molecular flexibility index (Phi) is 5.57. The fourth-order valence-electron chi connectivity index (χ4n) is 1.75. The van der Waals surface area contributed by atoms with E-state index in [4.69, 9.17) is 9.15 Å². The maximum absolute atomic E-state index is 11.5. The molecule has 1 heterocycles. The summed E-state index contributed by atoms with van der Waals surface area (Å²) >= 11 is 0. The molecule has 0 bridgehead atoms. The van der Waals surface area contributed by atoms with Gasteiger partial charge in [-0.25, -0.2) is 4.79 Å². The Labute approximate surface area is 121 Å². The third-order valence-corrected chi connectivity index (χ3v) is 2.99. The Morgan fingerprint density at radius 2 is 2.10 bits per heavy atom. The second kappa shape index (κ2) is 6.75. The van der Waals surface area contributed by atoms with Crippen molar-refractivity contribution in [2.45, 2.75) is 46.6 Å². The minimum absolute atomic E-state index is 0.0739. The summed E-state index contributed by atoms with van der Waals surface area (Å²) in [6, 6.07) is 1.73. The molecule has 1 N–H and O–H groups in total. The van der Waals surface area contributed by atoms with E-state index in [9.17, 15) is 4.79 Å². The van der Waals surface area contributed by atoms with Crippen molar-refractivity contribution in [2.24, 2.45) is 0 Å². The van der Waals surface area contributed by atoms with Crippen molar-refractivity contribution in [1.29, 1.82) is 0 Å². The maximum atomic E-state index is 11.5. The number of hydrogen-bond acceptors (Lipinski definition) is 4. The van der Waals surface area contributed by atoms with Crippen molar-refractivity contribution in [3.05, 3.63) is 28.7 Å². The number of carbonyl (C=O) groups excluding carboxylic acids is 1. The van der Waals surface area contributed by atoms with Gasteiger partial charge in [-0.2, -0.15) is 0 Å². The van der Waals surface area contributed by atoms with Gasteiger partial charge in [0.2, 0.25) is 0 Å². The van der Waals surface area contributed by atoms with Gasteiger partial charge in [-0.3, -0.25) is 0 Å². The van der Waals surface area contributed by atoms with Crippen LogP contribution >= 0.6 is 0 Å². The zero-order valence-corrected chi connectivity index (χ0v) is 13.3. The molecule has 0 saturated carbocycles. The van der Waals surface area contributed by atoms with E-state index in [0.717, 1.165) is 13.0 Å². The highest BCUT2D eigenvalue weighted by Gasteiger charge is 2.15. The van der Waals surface area contributed by atoms with Crippen LogP contribution in [-0.4, -0.2) is 25.2 Å². The molecule has 1 rings (SSSR count). The Hall–Kier alpha value is -1.55. The van der Waals surface area contributed by atoms with E-state index in [-0.39, 0.29) is 11.5 Å². The number of carbonyl (C=O) groups is 1. The average molecular weight is 279 g/mol. The summed E-state index contributed by atoms with van der Waals surface area (Å²) in [5.41, 5.74) is 1.79. The zero-order valence-electron chi connectivity index (χ0n) is 13.3. The van der Waals surface area contributed by atoms with Gasteiger partial charge in [-0.05, 0) is 46.3 Å². The molecule has 4 heteroatoms. The summed E-state index contributed by atoms with van der Waals surface area (Å²) < 4.78 is 10.3. The van der Waals surface area contributed by atoms with Crippen molar-refractivity contribution < 1.29 is 13.9 Å². The predicted molar refractivity (Wildman–Crippen MR) is 80.8 cm³/mol. The Balaban J connectivity index is 2.88. The third kappa shape index (κ3) is 4.85. The number of esters is 1. The van der Waals surface area contributed by atoms with Crippen LogP contribution in [0.4, 0.5) is 0 Å². The van der Waals surface area contributed by atoms with Crippen LogP contribution in [-0.2, 0) is 4.74 Å². The van der Waals surface area contributed by atoms with Crippen LogP contribution in [0.3, 0.4) is 0 Å². The molecule has 0 spiro atoms. The first-order valence-corrected chi connectivity index (χ1v) is 6.90. The summed E-state index contributed by atoms with van der Waals surface area (Å²) in [6.45, 7) is 11.1. The van der Waals surface area contributed by atoms with E-state index in [0.29, 0.717) is 17.1 Å². The van der Waals surface area contributed by atoms with Gasteiger partial charge < -0.3 is 14.5 Å². The van der Waals surface area contributed by atoms with Crippen molar-refractivity contribution in [1.82, 2.24) is 5.32 Å². The fraction of sp³-hybridized carbons (Fsp3) is 0.562. The normalized spacial score (nSPS) is 12.6. The van der Waals surface area contributed by atoms with E-state index in [1.807, 2.05) is 6.08 Å². The molecular formula is C16H25NO3. The van der Waals surface area contributed by atoms with Gasteiger partial charge >= 0.3 is 5.97 Å². The van der Waals surface area contributed by atoms with Crippen molar-refractivity contribution in [2.75, 3.05) is 13.7 Å². The van der Waals surface area contributed by atoms with Gasteiger partial charge in [0.1, 0.15) is 17.1 Å². The molecule has 20 heavy (non-hydrogen) atoms. The van der Waals surface area contributed by atoms with Crippen LogP contribution in [0, 0.1) is 6.92 Å². The molecule has 0 atom stereocenters. The molecule has 0 aliphatic heterocycles. The summed E-state index contributed by atoms with van der Waals surface area (Å²) in [7, 11) is 1.37. The van der Waals surface area contributed by atoms with E-state index >= 15 is 0 Å². The molecule has 0 radical (unpaired) electrons. The third-order valence-electron chi connectivity index (χ3n) is 2.99. The predicted octanol–water partition coefficient (Wildman–Crippen LogP) is 3.56. The van der Waals surface area contributed by atoms with Gasteiger partial charge in [0, 0.05) is 12.1 Å². The number of methoxy groups -OCH3 is 1. The maximum Gasteiger partial charge on any atom is 0.341 e. The van der Waals surface area contributed by atoms with Gasteiger partial charge in [0.25, 0.3) is 0 Å². The number of rotatable bonds is 5. The average Bonchev–Trinajstić information content (AvgIpc) is 2.73. The number of nitrogens with one attached hydrogen (secondary N) is 1. The smallest absolute Gasteiger partial charge is 0.341 e. The van der Waals surface area contributed by atoms with Crippen molar-refractivity contribution >= 4 is 12.0 Å². The van der Waals surface area contributed by atoms with Gasteiger partial charge in [-0.1, -0.05) is 12.5 Å². The highest BCUT2D eigenvalue weighted by atomic mass is 16.5. The molecule has 0 unspecified atom stereocenters. The Bertz CT molecular complexity index is 492. The summed E-state index contributed by atoms with van der Waals surface area (Å²) in [4.78, 5) is 11.5. The fourth-order valence-corrected chi connectivity index (χ4v) is 1.75. The van der Waals surface area contributed by atoms with E-state index < -0.39 is 0 Å². The van der Waals surface area contributed by atoms with Crippen LogP contribution < -0.4 is 5.32 Å². The lowest BCUT2D eigenvalue weighted by Gasteiger charge is -2.21. The molecule has 0 amide bonds. The lowest BCUT2D eigenvalue weighted by atomic mass is 10.1. The van der Waals surface area contributed by atoms with Gasteiger partial charge in [0.15, 0.2) is 0 Å². The number of furan rings is 1. The van der Waals surface area contributed by atoms with Crippen molar-refractivity contribution in [3.63, 3.8) is 0 Å². The molecule has 112 valence electrons. The first-order valence-electron chi connectivity index (χ1n) is 6.90. The van der Waals surface area contributed by atoms with Crippen molar-refractivity contribution in [3.8, 4) is 0 Å². The standard InChI is InChI=1S/C16H25NO3/c1-7-12(10-17-16(3,4)5)8-13-9-14(11(2)20-13)15(18)19-6/h8-9,17H,7,10H2,1-6H3. The minimum Gasteiger partial charge on any atom is -0.465 e. The molecule has 0 saturated heterocycles. The lowest BCUT2D eigenvalue weighted by molar-refractivity contribution is 0.0599. The first-order chi connectivity index (χ1) is 9.26. The van der Waals surface area contributed by atoms with Crippen LogP contribution in [0.25, 0.3) is 6.08 Å². The summed E-state index contributed by atoms with van der Waals surface area (Å²) in [5, 5.41) is 3.45. The van der Waals surface area contributed by atoms with E-state index in [1.165, 1.54) is 12.7 Å². The molecule has 1 aromatic heterocycles. The first kappa shape index (κ1) is 16.5. The number of ether oxygens (including phenoxy) is 1. The topological polar surface area (TPSA) is 51.5 Å². The summed E-state index contributed by atoms with van der Waals surface area (Å²) in [5.74, 6) is 0.912. The van der Waals surface area contributed by atoms with E-state index in [2.05, 4.69) is 33.0 Å². The van der Waals surface area contributed by atoms with Crippen LogP contribution in [0.5, 0.6) is 0 Å². The molecular weight excluding hydrogens is 254 g/mol. The molecule has 0 aromatic carbocycles. The summed E-state index contributed by atoms with van der Waals surface area (Å²) in [6.07, 6.45) is 2.91. The SMILES string of the molecule is CCC(=Cc1cc(C(=O)OC)c(C)o1)CNC(C)(C)C. The van der Waals surface area contributed by atoms with Gasteiger partial charge in [-0.15, -0.1) is 0 Å². The van der Waals surface area contributed by atoms with Gasteiger partial charge in [0.05, 0.1) is 7.11 Å². The Morgan fingerprint density at radius 3 is 2.60 bits per heavy atom. The second-order valence-corrected chi connectivity index (χ2v) is 5.87. The largest absolute Gasteiger partial charge is 0.465 e. The van der Waals surface area contributed by atoms with Crippen LogP contribution in [0.2, 0.25) is 0 Å². The monoisotopic (exact) mass is 279 g/mol. The highest BCUT2D eigenvalue weighted by molar-refractivity contribution is 5.91. The lowest BCUT2D eigenvalue weighted by Crippen LogP contribution is -2.36. The van der Waals surface area contributed by atoms with Crippen LogP contribution in [0.15, 0.2) is 16.1 Å². The number of aryl methyl sites for hydroxylation is 1. The van der Waals surface area contributed by atoms with Crippen LogP contribution in [0.1, 0.15) is 56.0 Å². The Morgan fingerprint density at radius 1 is 1.45 bits per heavy atom. The minimum atomic E-state index is -0.364. The quantitative estimate of drug-likeness (QED) is 0.837. The molecule has 0 fully saturated rings. The second-order valence-electron chi connectivity index (χ2n) is 5.87. The molecule has 1 aromatic rings. The molecule has 0 aliphatic carbocycles. The van der Waals surface area contributed by atoms with E-state index in [1.54, 1.807) is 13.0 Å². The zero-order chi connectivity index (χ0) is 15.3. The molecule has 4 nitrogen and oxygen atoms in total. The highest BCUT2D eigenvalue weighted by Crippen LogP contribution is 2.19.